The maximum atomic E-state index is 12.2. The lowest BCUT2D eigenvalue weighted by Crippen LogP contribution is -2.41. The normalized spacial score (nSPS) is 23.1. The van der Waals surface area contributed by atoms with E-state index < -0.39 is 0 Å². The summed E-state index contributed by atoms with van der Waals surface area (Å²) in [6.07, 6.45) is 4.34. The SMILES string of the molecule is CNC1CCC(NC(=O)c2ccc(Cl)cc2C)CC1. The zero-order chi connectivity index (χ0) is 13.8. The van der Waals surface area contributed by atoms with Crippen LogP contribution in [0.2, 0.25) is 5.02 Å². The summed E-state index contributed by atoms with van der Waals surface area (Å²) in [4.78, 5) is 12.2. The van der Waals surface area contributed by atoms with Gasteiger partial charge in [-0.15, -0.1) is 0 Å². The smallest absolute Gasteiger partial charge is 0.251 e. The van der Waals surface area contributed by atoms with Crippen molar-refractivity contribution in [3.05, 3.63) is 34.3 Å². The third kappa shape index (κ3) is 3.71. The standard InChI is InChI=1S/C15H21ClN2O/c1-10-9-11(16)3-8-14(10)15(19)18-13-6-4-12(17-2)5-7-13/h3,8-9,12-13,17H,4-7H2,1-2H3,(H,18,19). The number of rotatable bonds is 3. The van der Waals surface area contributed by atoms with E-state index in [2.05, 4.69) is 10.6 Å². The average molecular weight is 281 g/mol. The molecule has 0 bridgehead atoms. The topological polar surface area (TPSA) is 41.1 Å². The van der Waals surface area contributed by atoms with Crippen LogP contribution in [0.3, 0.4) is 0 Å². The maximum absolute atomic E-state index is 12.2. The number of nitrogens with one attached hydrogen (secondary N) is 2. The van der Waals surface area contributed by atoms with Gasteiger partial charge < -0.3 is 10.6 Å². The van der Waals surface area contributed by atoms with E-state index in [4.69, 9.17) is 11.6 Å². The second kappa shape index (κ2) is 6.40. The fourth-order valence-corrected chi connectivity index (χ4v) is 2.90. The summed E-state index contributed by atoms with van der Waals surface area (Å²) in [5.41, 5.74) is 1.65. The van der Waals surface area contributed by atoms with Crippen molar-refractivity contribution in [1.82, 2.24) is 10.6 Å². The van der Waals surface area contributed by atoms with Gasteiger partial charge in [0.05, 0.1) is 0 Å². The Morgan fingerprint density at radius 3 is 2.42 bits per heavy atom. The minimum absolute atomic E-state index is 0.0158. The quantitative estimate of drug-likeness (QED) is 0.894. The van der Waals surface area contributed by atoms with Gasteiger partial charge in [0.1, 0.15) is 0 Å². The number of amides is 1. The van der Waals surface area contributed by atoms with E-state index >= 15 is 0 Å². The van der Waals surface area contributed by atoms with Gasteiger partial charge in [0.15, 0.2) is 0 Å². The van der Waals surface area contributed by atoms with E-state index in [-0.39, 0.29) is 5.91 Å². The molecule has 4 heteroatoms. The average Bonchev–Trinajstić information content (AvgIpc) is 2.39. The molecule has 0 radical (unpaired) electrons. The highest BCUT2D eigenvalue weighted by molar-refractivity contribution is 6.30. The van der Waals surface area contributed by atoms with Gasteiger partial charge in [0, 0.05) is 22.7 Å². The third-order valence-corrected chi connectivity index (χ3v) is 4.14. The van der Waals surface area contributed by atoms with Gasteiger partial charge in [0.2, 0.25) is 0 Å². The summed E-state index contributed by atoms with van der Waals surface area (Å²) in [5, 5.41) is 7.10. The van der Waals surface area contributed by atoms with Crippen molar-refractivity contribution in [2.45, 2.75) is 44.7 Å². The monoisotopic (exact) mass is 280 g/mol. The second-order valence-corrected chi connectivity index (χ2v) is 5.71. The van der Waals surface area contributed by atoms with Crippen LogP contribution in [0.4, 0.5) is 0 Å². The molecule has 2 rings (SSSR count). The van der Waals surface area contributed by atoms with E-state index in [1.54, 1.807) is 12.1 Å². The first-order valence-electron chi connectivity index (χ1n) is 6.84. The second-order valence-electron chi connectivity index (χ2n) is 5.27. The number of carbonyl (C=O) groups is 1. The van der Waals surface area contributed by atoms with Crippen molar-refractivity contribution in [3.8, 4) is 0 Å². The van der Waals surface area contributed by atoms with Gasteiger partial charge in [-0.1, -0.05) is 11.6 Å². The molecule has 104 valence electrons. The van der Waals surface area contributed by atoms with Crippen molar-refractivity contribution >= 4 is 17.5 Å². The number of carbonyl (C=O) groups excluding carboxylic acids is 1. The molecular formula is C15H21ClN2O. The Bertz CT molecular complexity index is 453. The number of hydrogen-bond acceptors (Lipinski definition) is 2. The van der Waals surface area contributed by atoms with Crippen molar-refractivity contribution in [2.75, 3.05) is 7.05 Å². The summed E-state index contributed by atoms with van der Waals surface area (Å²) in [6.45, 7) is 1.92. The molecule has 1 saturated carbocycles. The molecular weight excluding hydrogens is 260 g/mol. The zero-order valence-corrected chi connectivity index (χ0v) is 12.3. The van der Waals surface area contributed by atoms with Gasteiger partial charge >= 0.3 is 0 Å². The van der Waals surface area contributed by atoms with Crippen molar-refractivity contribution in [2.24, 2.45) is 0 Å². The third-order valence-electron chi connectivity index (χ3n) is 3.90. The van der Waals surface area contributed by atoms with Crippen molar-refractivity contribution in [3.63, 3.8) is 0 Å². The zero-order valence-electron chi connectivity index (χ0n) is 11.5. The van der Waals surface area contributed by atoms with Crippen LogP contribution >= 0.6 is 11.6 Å². The lowest BCUT2D eigenvalue weighted by Gasteiger charge is -2.29. The van der Waals surface area contributed by atoms with E-state index in [1.807, 2.05) is 20.0 Å². The van der Waals surface area contributed by atoms with E-state index in [9.17, 15) is 4.79 Å². The summed E-state index contributed by atoms with van der Waals surface area (Å²) in [7, 11) is 2.00. The summed E-state index contributed by atoms with van der Waals surface area (Å²) in [5.74, 6) is 0.0158. The Balaban J connectivity index is 1.94. The predicted molar refractivity (Wildman–Crippen MR) is 78.8 cm³/mol. The van der Waals surface area contributed by atoms with Crippen LogP contribution in [0.25, 0.3) is 0 Å². The Morgan fingerprint density at radius 2 is 1.84 bits per heavy atom. The first-order valence-corrected chi connectivity index (χ1v) is 7.22. The molecule has 19 heavy (non-hydrogen) atoms. The van der Waals surface area contributed by atoms with Crippen LogP contribution in [0, 0.1) is 6.92 Å². The number of benzene rings is 1. The Morgan fingerprint density at radius 1 is 1.21 bits per heavy atom. The van der Waals surface area contributed by atoms with Gasteiger partial charge in [0.25, 0.3) is 5.91 Å². The molecule has 0 atom stereocenters. The molecule has 1 aliphatic carbocycles. The molecule has 0 spiro atoms. The molecule has 0 heterocycles. The Labute approximate surface area is 119 Å². The molecule has 2 N–H and O–H groups in total. The summed E-state index contributed by atoms with van der Waals surface area (Å²) in [6, 6.07) is 6.29. The minimum atomic E-state index is 0.0158. The summed E-state index contributed by atoms with van der Waals surface area (Å²) >= 11 is 5.91. The molecule has 0 aliphatic heterocycles. The van der Waals surface area contributed by atoms with Gasteiger partial charge in [-0.25, -0.2) is 0 Å². The summed E-state index contributed by atoms with van der Waals surface area (Å²) < 4.78 is 0. The van der Waals surface area contributed by atoms with E-state index in [0.717, 1.165) is 36.8 Å². The highest BCUT2D eigenvalue weighted by atomic mass is 35.5. The number of hydrogen-bond donors (Lipinski definition) is 2. The van der Waals surface area contributed by atoms with Gasteiger partial charge in [-0.3, -0.25) is 4.79 Å². The lowest BCUT2D eigenvalue weighted by molar-refractivity contribution is 0.0924. The molecule has 0 saturated heterocycles. The molecule has 0 aromatic heterocycles. The van der Waals surface area contributed by atoms with Crippen LogP contribution in [-0.2, 0) is 0 Å². The fourth-order valence-electron chi connectivity index (χ4n) is 2.67. The fraction of sp³-hybridized carbons (Fsp3) is 0.533. The first-order chi connectivity index (χ1) is 9.10. The highest BCUT2D eigenvalue weighted by Gasteiger charge is 2.22. The van der Waals surface area contributed by atoms with E-state index in [1.165, 1.54) is 0 Å². The van der Waals surface area contributed by atoms with Crippen molar-refractivity contribution in [1.29, 1.82) is 0 Å². The van der Waals surface area contributed by atoms with Gasteiger partial charge in [-0.05, 0) is 63.4 Å². The predicted octanol–water partition coefficient (Wildman–Crippen LogP) is 2.91. The van der Waals surface area contributed by atoms with Crippen molar-refractivity contribution < 1.29 is 4.79 Å². The molecule has 1 aliphatic rings. The Hall–Kier alpha value is -1.06. The van der Waals surface area contributed by atoms with Gasteiger partial charge in [-0.2, -0.15) is 0 Å². The Kier molecular flexibility index (Phi) is 4.83. The van der Waals surface area contributed by atoms with Crippen LogP contribution in [0.1, 0.15) is 41.6 Å². The molecule has 3 nitrogen and oxygen atoms in total. The molecule has 1 fully saturated rings. The minimum Gasteiger partial charge on any atom is -0.349 e. The number of halogens is 1. The molecule has 1 aromatic carbocycles. The highest BCUT2D eigenvalue weighted by Crippen LogP contribution is 2.20. The molecule has 0 unspecified atom stereocenters. The first kappa shape index (κ1) is 14.4. The largest absolute Gasteiger partial charge is 0.349 e. The van der Waals surface area contributed by atoms with Crippen LogP contribution in [0.5, 0.6) is 0 Å². The maximum Gasteiger partial charge on any atom is 0.251 e. The van der Waals surface area contributed by atoms with Crippen LogP contribution in [0.15, 0.2) is 18.2 Å². The lowest BCUT2D eigenvalue weighted by atomic mass is 9.91. The molecule has 1 amide bonds. The molecule has 1 aromatic rings. The van der Waals surface area contributed by atoms with E-state index in [0.29, 0.717) is 17.1 Å². The van der Waals surface area contributed by atoms with Crippen LogP contribution in [-0.4, -0.2) is 25.0 Å². The number of aryl methyl sites for hydroxylation is 1. The van der Waals surface area contributed by atoms with Crippen LogP contribution < -0.4 is 10.6 Å².